The minimum Gasteiger partial charge on any atom is -0.507 e. The zero-order valence-electron chi connectivity index (χ0n) is 17.8. The van der Waals surface area contributed by atoms with Gasteiger partial charge in [0, 0.05) is 36.4 Å². The molecular weight excluding hydrogens is 389 g/mol. The number of hydrogen-bond acceptors (Lipinski definition) is 4. The van der Waals surface area contributed by atoms with Crippen LogP contribution in [0.4, 0.5) is 10.1 Å². The molecule has 0 atom stereocenters. The number of aromatic hydroxyl groups is 1. The molecule has 3 N–H and O–H groups in total. The van der Waals surface area contributed by atoms with E-state index in [1.54, 1.807) is 12.1 Å². The molecule has 3 aromatic rings. The summed E-state index contributed by atoms with van der Waals surface area (Å²) in [6.07, 6.45) is 1.78. The van der Waals surface area contributed by atoms with E-state index in [2.05, 4.69) is 4.90 Å². The fraction of sp³-hybridized carbons (Fsp3) is 0.269. The second-order valence-electron chi connectivity index (χ2n) is 8.32. The first-order chi connectivity index (χ1) is 14.9. The van der Waals surface area contributed by atoms with Crippen molar-refractivity contribution in [3.05, 3.63) is 71.0 Å². The number of rotatable bonds is 3. The lowest BCUT2D eigenvalue weighted by Gasteiger charge is -2.32. The molecule has 0 radical (unpaired) electrons. The Morgan fingerprint density at radius 1 is 1.00 bits per heavy atom. The van der Waals surface area contributed by atoms with Crippen molar-refractivity contribution >= 4 is 5.69 Å². The SMILES string of the molecule is Cc1ccc(-c2c(O)cc(N3CCC(N)CC3)cc2-c2ccc(C#N)c(F)c2)cc1C. The van der Waals surface area contributed by atoms with Gasteiger partial charge < -0.3 is 15.7 Å². The van der Waals surface area contributed by atoms with Crippen LogP contribution in [0.3, 0.4) is 0 Å². The molecule has 0 amide bonds. The molecule has 1 aliphatic rings. The van der Waals surface area contributed by atoms with Crippen molar-refractivity contribution in [2.75, 3.05) is 18.0 Å². The van der Waals surface area contributed by atoms with Gasteiger partial charge in [0.15, 0.2) is 0 Å². The molecule has 1 aliphatic heterocycles. The van der Waals surface area contributed by atoms with Gasteiger partial charge in [-0.05, 0) is 72.7 Å². The highest BCUT2D eigenvalue weighted by Gasteiger charge is 2.21. The highest BCUT2D eigenvalue weighted by atomic mass is 19.1. The Bertz CT molecular complexity index is 1170. The fourth-order valence-electron chi connectivity index (χ4n) is 4.15. The maximum absolute atomic E-state index is 14.5. The molecule has 1 heterocycles. The predicted molar refractivity (Wildman–Crippen MR) is 123 cm³/mol. The third-order valence-corrected chi connectivity index (χ3v) is 6.20. The summed E-state index contributed by atoms with van der Waals surface area (Å²) in [6, 6.07) is 16.5. The van der Waals surface area contributed by atoms with E-state index >= 15 is 0 Å². The minimum absolute atomic E-state index is 0.00174. The molecule has 1 fully saturated rings. The molecule has 0 aliphatic carbocycles. The first-order valence-electron chi connectivity index (χ1n) is 10.5. The van der Waals surface area contributed by atoms with Crippen molar-refractivity contribution in [2.45, 2.75) is 32.7 Å². The van der Waals surface area contributed by atoms with E-state index < -0.39 is 5.82 Å². The number of phenols is 1. The van der Waals surface area contributed by atoms with Crippen LogP contribution in [0, 0.1) is 31.0 Å². The van der Waals surface area contributed by atoms with Gasteiger partial charge in [0.2, 0.25) is 0 Å². The van der Waals surface area contributed by atoms with Crippen LogP contribution in [-0.2, 0) is 0 Å². The first-order valence-corrected chi connectivity index (χ1v) is 10.5. The van der Waals surface area contributed by atoms with Crippen molar-refractivity contribution in [3.63, 3.8) is 0 Å². The highest BCUT2D eigenvalue weighted by Crippen LogP contribution is 2.43. The molecule has 0 saturated carbocycles. The fourth-order valence-corrected chi connectivity index (χ4v) is 4.15. The van der Waals surface area contributed by atoms with Gasteiger partial charge in [-0.15, -0.1) is 0 Å². The van der Waals surface area contributed by atoms with Crippen LogP contribution in [0.15, 0.2) is 48.5 Å². The van der Waals surface area contributed by atoms with Crippen LogP contribution in [0.2, 0.25) is 0 Å². The largest absolute Gasteiger partial charge is 0.507 e. The molecule has 1 saturated heterocycles. The Kier molecular flexibility index (Phi) is 5.67. The van der Waals surface area contributed by atoms with E-state index in [1.165, 1.54) is 12.1 Å². The number of nitriles is 1. The van der Waals surface area contributed by atoms with Crippen LogP contribution in [0.25, 0.3) is 22.3 Å². The van der Waals surface area contributed by atoms with E-state index in [9.17, 15) is 9.50 Å². The molecule has 5 heteroatoms. The summed E-state index contributed by atoms with van der Waals surface area (Å²) in [5.41, 5.74) is 12.1. The van der Waals surface area contributed by atoms with Gasteiger partial charge in [0.25, 0.3) is 0 Å². The molecule has 158 valence electrons. The molecular formula is C26H26FN3O. The number of hydrogen-bond donors (Lipinski definition) is 2. The predicted octanol–water partition coefficient (Wildman–Crippen LogP) is 5.28. The number of benzene rings is 3. The summed E-state index contributed by atoms with van der Waals surface area (Å²) in [5.74, 6) is -0.421. The number of aryl methyl sites for hydroxylation is 2. The van der Waals surface area contributed by atoms with E-state index in [0.29, 0.717) is 11.1 Å². The number of phenolic OH excluding ortho intramolecular Hbond substituents is 1. The van der Waals surface area contributed by atoms with Crippen LogP contribution in [0.5, 0.6) is 5.75 Å². The Balaban J connectivity index is 1.90. The lowest BCUT2D eigenvalue weighted by molar-refractivity contribution is 0.475. The third kappa shape index (κ3) is 4.12. The lowest BCUT2D eigenvalue weighted by Crippen LogP contribution is -2.39. The summed E-state index contributed by atoms with van der Waals surface area (Å²) < 4.78 is 14.5. The number of nitrogens with zero attached hydrogens (tertiary/aromatic N) is 2. The van der Waals surface area contributed by atoms with Crippen molar-refractivity contribution < 1.29 is 9.50 Å². The monoisotopic (exact) mass is 415 g/mol. The maximum atomic E-state index is 14.5. The number of nitrogens with two attached hydrogens (primary N) is 1. The van der Waals surface area contributed by atoms with Crippen LogP contribution in [-0.4, -0.2) is 24.2 Å². The minimum atomic E-state index is -0.570. The molecule has 3 aromatic carbocycles. The summed E-state index contributed by atoms with van der Waals surface area (Å²) in [4.78, 5) is 2.21. The van der Waals surface area contributed by atoms with Gasteiger partial charge in [-0.2, -0.15) is 5.26 Å². The lowest BCUT2D eigenvalue weighted by atomic mass is 9.90. The summed E-state index contributed by atoms with van der Waals surface area (Å²) >= 11 is 0. The third-order valence-electron chi connectivity index (χ3n) is 6.20. The van der Waals surface area contributed by atoms with Crippen molar-refractivity contribution in [1.29, 1.82) is 5.26 Å². The van der Waals surface area contributed by atoms with Crippen molar-refractivity contribution in [2.24, 2.45) is 5.73 Å². The van der Waals surface area contributed by atoms with Crippen molar-refractivity contribution in [1.82, 2.24) is 0 Å². The zero-order valence-corrected chi connectivity index (χ0v) is 17.8. The molecule has 4 nitrogen and oxygen atoms in total. The maximum Gasteiger partial charge on any atom is 0.141 e. The smallest absolute Gasteiger partial charge is 0.141 e. The van der Waals surface area contributed by atoms with Crippen LogP contribution in [0.1, 0.15) is 29.5 Å². The van der Waals surface area contributed by atoms with E-state index in [0.717, 1.165) is 53.9 Å². The zero-order chi connectivity index (χ0) is 22.1. The van der Waals surface area contributed by atoms with Crippen LogP contribution >= 0.6 is 0 Å². The molecule has 0 spiro atoms. The number of anilines is 1. The summed E-state index contributed by atoms with van der Waals surface area (Å²) in [7, 11) is 0. The van der Waals surface area contributed by atoms with Crippen LogP contribution < -0.4 is 10.6 Å². The molecule has 4 rings (SSSR count). The van der Waals surface area contributed by atoms with Gasteiger partial charge in [-0.3, -0.25) is 0 Å². The van der Waals surface area contributed by atoms with Gasteiger partial charge >= 0.3 is 0 Å². The molecule has 31 heavy (non-hydrogen) atoms. The topological polar surface area (TPSA) is 73.3 Å². The molecule has 0 unspecified atom stereocenters. The Morgan fingerprint density at radius 3 is 2.35 bits per heavy atom. The second-order valence-corrected chi connectivity index (χ2v) is 8.32. The van der Waals surface area contributed by atoms with E-state index in [4.69, 9.17) is 11.0 Å². The van der Waals surface area contributed by atoms with Gasteiger partial charge in [0.1, 0.15) is 17.6 Å². The molecule has 0 aromatic heterocycles. The Labute approximate surface area is 182 Å². The Hall–Kier alpha value is -3.36. The average Bonchev–Trinajstić information content (AvgIpc) is 2.75. The number of halogens is 1. The summed E-state index contributed by atoms with van der Waals surface area (Å²) in [5, 5.41) is 20.2. The van der Waals surface area contributed by atoms with Gasteiger partial charge in [0.05, 0.1) is 5.56 Å². The highest BCUT2D eigenvalue weighted by molar-refractivity contribution is 5.90. The first kappa shape index (κ1) is 20.9. The second kappa shape index (κ2) is 8.41. The Morgan fingerprint density at radius 2 is 1.71 bits per heavy atom. The normalized spacial score (nSPS) is 14.5. The summed E-state index contributed by atoms with van der Waals surface area (Å²) in [6.45, 7) is 5.69. The number of piperidine rings is 1. The van der Waals surface area contributed by atoms with Gasteiger partial charge in [-0.25, -0.2) is 4.39 Å². The van der Waals surface area contributed by atoms with E-state index in [1.807, 2.05) is 44.2 Å². The average molecular weight is 416 g/mol. The molecule has 0 bridgehead atoms. The van der Waals surface area contributed by atoms with E-state index in [-0.39, 0.29) is 17.4 Å². The standard InChI is InChI=1S/C26H26FN3O/c1-16-3-4-19(11-17(16)2)26-23(18-5-6-20(15-28)24(27)12-18)13-22(14-25(26)31)30-9-7-21(29)8-10-30/h3-6,11-14,21,31H,7-10,29H2,1-2H3. The van der Waals surface area contributed by atoms with Gasteiger partial charge in [-0.1, -0.05) is 24.3 Å². The van der Waals surface area contributed by atoms with Crippen molar-refractivity contribution in [3.8, 4) is 34.1 Å². The quantitative estimate of drug-likeness (QED) is 0.610.